The highest BCUT2D eigenvalue weighted by Gasteiger charge is 2.43. The van der Waals surface area contributed by atoms with E-state index in [0.717, 1.165) is 49.7 Å². The third-order valence-corrected chi connectivity index (χ3v) is 6.24. The van der Waals surface area contributed by atoms with Crippen molar-refractivity contribution in [2.75, 3.05) is 0 Å². The van der Waals surface area contributed by atoms with Crippen LogP contribution in [-0.4, -0.2) is 46.5 Å². The largest absolute Gasteiger partial charge is 0.444 e. The van der Waals surface area contributed by atoms with Crippen LogP contribution < -0.4 is 10.6 Å². The number of alkyl carbamates (subject to hydrolysis) is 1. The predicted octanol–water partition coefficient (Wildman–Crippen LogP) is 4.72. The second-order valence-electron chi connectivity index (χ2n) is 10.5. The molecular formula is C27H39N3O4. The lowest BCUT2D eigenvalue weighted by Crippen LogP contribution is -2.53. The second-order valence-corrected chi connectivity index (χ2v) is 10.5. The molecule has 34 heavy (non-hydrogen) atoms. The molecule has 3 amide bonds. The Labute approximate surface area is 203 Å². The number of carbonyl (C=O) groups excluding carboxylic acids is 3. The van der Waals surface area contributed by atoms with Gasteiger partial charge in [-0.3, -0.25) is 9.59 Å². The molecule has 2 atom stereocenters. The number of benzene rings is 1. The van der Waals surface area contributed by atoms with Gasteiger partial charge in [0.15, 0.2) is 0 Å². The number of rotatable bonds is 8. The summed E-state index contributed by atoms with van der Waals surface area (Å²) in [5.41, 5.74) is 0.961. The summed E-state index contributed by atoms with van der Waals surface area (Å²) in [5, 5.41) is 5.86. The average molecular weight is 470 g/mol. The number of hydrogen-bond donors (Lipinski definition) is 2. The summed E-state index contributed by atoms with van der Waals surface area (Å²) in [6.45, 7) is 10.8. The highest BCUT2D eigenvalue weighted by Crippen LogP contribution is 2.36. The van der Waals surface area contributed by atoms with Gasteiger partial charge in [0.05, 0.1) is 0 Å². The fourth-order valence-corrected chi connectivity index (χ4v) is 4.46. The Morgan fingerprint density at radius 2 is 1.79 bits per heavy atom. The van der Waals surface area contributed by atoms with Gasteiger partial charge in [-0.25, -0.2) is 4.79 Å². The number of nitrogens with one attached hydrogen (secondary N) is 2. The first-order valence-electron chi connectivity index (χ1n) is 12.4. The molecule has 0 aromatic heterocycles. The lowest BCUT2D eigenvalue weighted by molar-refractivity contribution is -0.143. The lowest BCUT2D eigenvalue weighted by atomic mass is 9.94. The van der Waals surface area contributed by atoms with Crippen molar-refractivity contribution in [1.82, 2.24) is 15.5 Å². The second kappa shape index (κ2) is 11.1. The Kier molecular flexibility index (Phi) is 8.39. The van der Waals surface area contributed by atoms with E-state index in [-0.39, 0.29) is 23.9 Å². The van der Waals surface area contributed by atoms with Crippen LogP contribution in [0.15, 0.2) is 30.8 Å². The summed E-state index contributed by atoms with van der Waals surface area (Å²) in [6, 6.07) is 6.07. The Balaban J connectivity index is 1.87. The maximum atomic E-state index is 13.7. The maximum absolute atomic E-state index is 13.7. The molecule has 2 aliphatic rings. The highest BCUT2D eigenvalue weighted by atomic mass is 16.6. The van der Waals surface area contributed by atoms with Gasteiger partial charge in [0.1, 0.15) is 17.7 Å². The van der Waals surface area contributed by atoms with Crippen molar-refractivity contribution < 1.29 is 19.1 Å². The monoisotopic (exact) mass is 469 g/mol. The molecular weight excluding hydrogens is 430 g/mol. The zero-order valence-electron chi connectivity index (χ0n) is 20.9. The normalized spacial score (nSPS) is 18.4. The summed E-state index contributed by atoms with van der Waals surface area (Å²) in [4.78, 5) is 41.3. The number of nitrogens with zero attached hydrogens (tertiary/aromatic N) is 1. The minimum Gasteiger partial charge on any atom is -0.444 e. The topological polar surface area (TPSA) is 87.7 Å². The van der Waals surface area contributed by atoms with Crippen molar-refractivity contribution in [2.24, 2.45) is 0 Å². The smallest absolute Gasteiger partial charge is 0.408 e. The molecule has 1 aromatic carbocycles. The molecule has 0 heterocycles. The van der Waals surface area contributed by atoms with Crippen molar-refractivity contribution in [1.29, 1.82) is 0 Å². The van der Waals surface area contributed by atoms with Crippen LogP contribution in [0.1, 0.15) is 89.8 Å². The Morgan fingerprint density at radius 1 is 1.12 bits per heavy atom. The molecule has 3 rings (SSSR count). The van der Waals surface area contributed by atoms with Gasteiger partial charge in [-0.05, 0) is 70.6 Å². The van der Waals surface area contributed by atoms with E-state index in [0.29, 0.717) is 0 Å². The average Bonchev–Trinajstić information content (AvgIpc) is 3.61. The van der Waals surface area contributed by atoms with Gasteiger partial charge in [-0.2, -0.15) is 0 Å². The molecule has 0 aliphatic heterocycles. The van der Waals surface area contributed by atoms with Crippen LogP contribution in [0.2, 0.25) is 0 Å². The zero-order chi connectivity index (χ0) is 24.9. The molecule has 7 heteroatoms. The van der Waals surface area contributed by atoms with E-state index in [1.54, 1.807) is 38.7 Å². The third kappa shape index (κ3) is 7.08. The molecule has 2 aliphatic carbocycles. The van der Waals surface area contributed by atoms with Crippen molar-refractivity contribution in [2.45, 2.75) is 102 Å². The molecule has 2 saturated carbocycles. The highest BCUT2D eigenvalue weighted by molar-refractivity contribution is 5.92. The quantitative estimate of drug-likeness (QED) is 0.576. The predicted molar refractivity (Wildman–Crippen MR) is 133 cm³/mol. The zero-order valence-corrected chi connectivity index (χ0v) is 20.9. The van der Waals surface area contributed by atoms with Crippen molar-refractivity contribution in [3.8, 4) is 0 Å². The van der Waals surface area contributed by atoms with E-state index >= 15 is 0 Å². The molecule has 0 radical (unpaired) electrons. The van der Waals surface area contributed by atoms with Crippen LogP contribution in [-0.2, 0) is 14.3 Å². The Bertz CT molecular complexity index is 897. The third-order valence-electron chi connectivity index (χ3n) is 6.24. The van der Waals surface area contributed by atoms with Gasteiger partial charge in [0.2, 0.25) is 11.8 Å². The lowest BCUT2D eigenvalue weighted by Gasteiger charge is -2.35. The van der Waals surface area contributed by atoms with Crippen LogP contribution in [0.4, 0.5) is 4.79 Å². The van der Waals surface area contributed by atoms with Crippen molar-refractivity contribution in [3.05, 3.63) is 42.0 Å². The van der Waals surface area contributed by atoms with Gasteiger partial charge in [-0.15, -0.1) is 0 Å². The minimum absolute atomic E-state index is 0.0371. The van der Waals surface area contributed by atoms with E-state index in [9.17, 15) is 14.4 Å². The van der Waals surface area contributed by atoms with E-state index in [1.807, 2.05) is 24.3 Å². The van der Waals surface area contributed by atoms with Crippen LogP contribution in [0.25, 0.3) is 6.08 Å². The van der Waals surface area contributed by atoms with E-state index in [2.05, 4.69) is 17.2 Å². The molecule has 186 valence electrons. The first-order chi connectivity index (χ1) is 16.1. The van der Waals surface area contributed by atoms with E-state index < -0.39 is 23.8 Å². The summed E-state index contributed by atoms with van der Waals surface area (Å²) < 4.78 is 5.33. The Morgan fingerprint density at radius 3 is 2.38 bits per heavy atom. The molecule has 0 spiro atoms. The SMILES string of the molecule is C=Cc1cccc(C(C(=O)NC2CCCCC2)N(C(=O)C(C)NC(=O)OC(C)(C)C)C2CC2)c1. The number of amides is 3. The van der Waals surface area contributed by atoms with E-state index in [4.69, 9.17) is 4.74 Å². The molecule has 2 unspecified atom stereocenters. The minimum atomic E-state index is -0.831. The molecule has 1 aromatic rings. The van der Waals surface area contributed by atoms with Gasteiger partial charge in [0, 0.05) is 12.1 Å². The standard InChI is InChI=1S/C27H39N3O4/c1-6-19-11-10-12-20(17-19)23(24(31)29-21-13-8-7-9-14-21)30(22-15-16-22)25(32)18(2)28-26(33)34-27(3,4)5/h6,10-12,17-18,21-23H,1,7-9,13-16H2,2-5H3,(H,28,33)(H,29,31). The van der Waals surface area contributed by atoms with Gasteiger partial charge in [0.25, 0.3) is 0 Å². The van der Waals surface area contributed by atoms with Crippen LogP contribution in [0.5, 0.6) is 0 Å². The van der Waals surface area contributed by atoms with E-state index in [1.165, 1.54) is 6.42 Å². The molecule has 2 fully saturated rings. The first kappa shape index (κ1) is 25.8. The summed E-state index contributed by atoms with van der Waals surface area (Å²) >= 11 is 0. The molecule has 0 bridgehead atoms. The molecule has 0 saturated heterocycles. The number of carbonyl (C=O) groups is 3. The van der Waals surface area contributed by atoms with Crippen LogP contribution in [0.3, 0.4) is 0 Å². The van der Waals surface area contributed by atoms with Crippen molar-refractivity contribution >= 4 is 24.0 Å². The van der Waals surface area contributed by atoms with Crippen LogP contribution >= 0.6 is 0 Å². The van der Waals surface area contributed by atoms with Crippen LogP contribution in [0, 0.1) is 0 Å². The fraction of sp³-hybridized carbons (Fsp3) is 0.593. The number of hydrogen-bond acceptors (Lipinski definition) is 4. The van der Waals surface area contributed by atoms with Crippen molar-refractivity contribution in [3.63, 3.8) is 0 Å². The summed E-state index contributed by atoms with van der Waals surface area (Å²) in [5.74, 6) is -0.459. The molecule has 7 nitrogen and oxygen atoms in total. The summed E-state index contributed by atoms with van der Waals surface area (Å²) in [7, 11) is 0. The molecule has 2 N–H and O–H groups in total. The maximum Gasteiger partial charge on any atom is 0.408 e. The first-order valence-corrected chi connectivity index (χ1v) is 12.4. The fourth-order valence-electron chi connectivity index (χ4n) is 4.46. The van der Waals surface area contributed by atoms with Gasteiger partial charge >= 0.3 is 6.09 Å². The Hall–Kier alpha value is -2.83. The van der Waals surface area contributed by atoms with Gasteiger partial charge < -0.3 is 20.3 Å². The van der Waals surface area contributed by atoms with Gasteiger partial charge in [-0.1, -0.05) is 50.1 Å². The number of ether oxygens (including phenoxy) is 1. The summed E-state index contributed by atoms with van der Waals surface area (Å²) in [6.07, 6.45) is 8.05.